The zero-order chi connectivity index (χ0) is 19.9. The zero-order valence-electron chi connectivity index (χ0n) is 16.3. The maximum absolute atomic E-state index is 12.7. The minimum atomic E-state index is -0.757. The van der Waals surface area contributed by atoms with Gasteiger partial charge in [-0.2, -0.15) is 0 Å². The third kappa shape index (κ3) is 4.15. The van der Waals surface area contributed by atoms with Crippen LogP contribution in [0.4, 0.5) is 4.79 Å². The van der Waals surface area contributed by atoms with E-state index in [-0.39, 0.29) is 23.4 Å². The molecule has 0 unspecified atom stereocenters. The lowest BCUT2D eigenvalue weighted by atomic mass is 10.0. The molecule has 1 aliphatic rings. The highest BCUT2D eigenvalue weighted by molar-refractivity contribution is 6.09. The third-order valence-electron chi connectivity index (χ3n) is 3.50. The average molecular weight is 363 g/mol. The quantitative estimate of drug-likeness (QED) is 0.748. The topological polar surface area (TPSA) is 82.1 Å². The molecule has 7 heteroatoms. The van der Waals surface area contributed by atoms with Gasteiger partial charge in [0.05, 0.1) is 13.7 Å². The summed E-state index contributed by atoms with van der Waals surface area (Å²) in [7, 11) is 1.43. The predicted octanol–water partition coefficient (Wildman–Crippen LogP) is 3.54. The number of methoxy groups -OCH3 is 1. The van der Waals surface area contributed by atoms with Gasteiger partial charge in [-0.15, -0.1) is 0 Å². The van der Waals surface area contributed by atoms with Crippen LogP contribution in [0.5, 0.6) is 5.75 Å². The van der Waals surface area contributed by atoms with Gasteiger partial charge in [0.2, 0.25) is 0 Å². The smallest absolute Gasteiger partial charge is 0.417 e. The highest BCUT2D eigenvalue weighted by Crippen LogP contribution is 2.34. The molecule has 1 aliphatic heterocycles. The second kappa shape index (κ2) is 6.63. The first kappa shape index (κ1) is 19.8. The third-order valence-corrected chi connectivity index (χ3v) is 3.50. The van der Waals surface area contributed by atoms with E-state index in [4.69, 9.17) is 14.2 Å². The van der Waals surface area contributed by atoms with Crippen LogP contribution in [0.1, 0.15) is 67.8 Å². The molecule has 1 aromatic carbocycles. The molecule has 7 nitrogen and oxygen atoms in total. The maximum Gasteiger partial charge on any atom is 0.417 e. The lowest BCUT2D eigenvalue weighted by Gasteiger charge is -2.23. The molecule has 0 bridgehead atoms. The first-order chi connectivity index (χ1) is 11.8. The Balaban J connectivity index is 2.43. The van der Waals surface area contributed by atoms with E-state index in [1.165, 1.54) is 19.2 Å². The summed E-state index contributed by atoms with van der Waals surface area (Å²) in [4.78, 5) is 38.6. The Morgan fingerprint density at radius 2 is 1.58 bits per heavy atom. The molecule has 26 heavy (non-hydrogen) atoms. The Kier molecular flexibility index (Phi) is 5.03. The van der Waals surface area contributed by atoms with Crippen LogP contribution in [0, 0.1) is 0 Å². The van der Waals surface area contributed by atoms with Crippen molar-refractivity contribution in [3.63, 3.8) is 0 Å². The van der Waals surface area contributed by atoms with E-state index < -0.39 is 29.2 Å². The Hall–Kier alpha value is -2.57. The van der Waals surface area contributed by atoms with Crippen LogP contribution in [-0.2, 0) is 16.0 Å². The average Bonchev–Trinajstić information content (AvgIpc) is 2.80. The van der Waals surface area contributed by atoms with Crippen molar-refractivity contribution in [2.24, 2.45) is 0 Å². The molecule has 142 valence electrons. The van der Waals surface area contributed by atoms with E-state index in [1.807, 2.05) is 0 Å². The van der Waals surface area contributed by atoms with E-state index in [9.17, 15) is 14.4 Å². The normalized spacial score (nSPS) is 14.1. The summed E-state index contributed by atoms with van der Waals surface area (Å²) in [5.41, 5.74) is -0.637. The van der Waals surface area contributed by atoms with Gasteiger partial charge >= 0.3 is 12.1 Å². The molecule has 0 aromatic heterocycles. The van der Waals surface area contributed by atoms with Crippen LogP contribution in [0.25, 0.3) is 0 Å². The lowest BCUT2D eigenvalue weighted by Crippen LogP contribution is -2.36. The van der Waals surface area contributed by atoms with Crippen LogP contribution in [0.3, 0.4) is 0 Å². The number of carbonyl (C=O) groups excluding carboxylic acids is 3. The molecule has 1 heterocycles. The minimum absolute atomic E-state index is 0.0745. The van der Waals surface area contributed by atoms with Crippen LogP contribution in [0.2, 0.25) is 0 Å². The van der Waals surface area contributed by atoms with Gasteiger partial charge in [0.1, 0.15) is 22.5 Å². The van der Waals surface area contributed by atoms with E-state index >= 15 is 0 Å². The highest BCUT2D eigenvalue weighted by atomic mass is 16.6. The fourth-order valence-electron chi connectivity index (χ4n) is 2.55. The van der Waals surface area contributed by atoms with Crippen LogP contribution >= 0.6 is 0 Å². The van der Waals surface area contributed by atoms with Crippen LogP contribution in [-0.4, -0.2) is 41.2 Å². The number of hydrogen-bond acceptors (Lipinski definition) is 6. The van der Waals surface area contributed by atoms with Crippen molar-refractivity contribution in [3.8, 4) is 5.75 Å². The monoisotopic (exact) mass is 363 g/mol. The molecule has 1 aromatic rings. The summed E-state index contributed by atoms with van der Waals surface area (Å²) >= 11 is 0. The summed E-state index contributed by atoms with van der Waals surface area (Å²) in [6, 6.07) is 3.06. The van der Waals surface area contributed by atoms with Crippen LogP contribution < -0.4 is 4.74 Å². The summed E-state index contributed by atoms with van der Waals surface area (Å²) in [6.07, 6.45) is -0.757. The number of amides is 2. The van der Waals surface area contributed by atoms with E-state index in [1.54, 1.807) is 41.5 Å². The number of ether oxygens (including phenoxy) is 3. The molecule has 0 radical (unpaired) electrons. The second-order valence-corrected chi connectivity index (χ2v) is 8.04. The molecule has 0 saturated carbocycles. The standard InChI is InChI=1S/C19H25NO6/c1-18(2,3)25-16(22)14-12-10-20(17(23)26-19(4,5)6)15(21)11(12)8-9-13(14)24-7/h8-9H,10H2,1-7H3. The van der Waals surface area contributed by atoms with Gasteiger partial charge in [-0.25, -0.2) is 14.5 Å². The van der Waals surface area contributed by atoms with Gasteiger partial charge in [-0.1, -0.05) is 0 Å². The van der Waals surface area contributed by atoms with E-state index in [2.05, 4.69) is 0 Å². The molecular weight excluding hydrogens is 338 g/mol. The summed E-state index contributed by atoms with van der Waals surface area (Å²) < 4.78 is 16.0. The maximum atomic E-state index is 12.7. The van der Waals surface area contributed by atoms with E-state index in [0.29, 0.717) is 5.56 Å². The van der Waals surface area contributed by atoms with Gasteiger partial charge < -0.3 is 14.2 Å². The molecule has 0 N–H and O–H groups in total. The number of rotatable bonds is 2. The number of fused-ring (bicyclic) bond motifs is 1. The molecule has 0 spiro atoms. The van der Waals surface area contributed by atoms with Crippen molar-refractivity contribution in [3.05, 3.63) is 28.8 Å². The Bertz CT molecular complexity index is 755. The second-order valence-electron chi connectivity index (χ2n) is 8.04. The lowest BCUT2D eigenvalue weighted by molar-refractivity contribution is 0.00607. The Morgan fingerprint density at radius 1 is 1.00 bits per heavy atom. The van der Waals surface area contributed by atoms with Crippen molar-refractivity contribution in [1.82, 2.24) is 4.90 Å². The Morgan fingerprint density at radius 3 is 2.08 bits per heavy atom. The molecule has 0 fully saturated rings. The molecule has 0 aliphatic carbocycles. The summed E-state index contributed by atoms with van der Waals surface area (Å²) in [5.74, 6) is -0.830. The SMILES string of the molecule is COc1ccc2c(c1C(=O)OC(C)(C)C)CN(C(=O)OC(C)(C)C)C2=O. The molecular formula is C19H25NO6. The number of esters is 1. The predicted molar refractivity (Wildman–Crippen MR) is 94.3 cm³/mol. The molecule has 2 rings (SSSR count). The molecule has 0 atom stereocenters. The molecule has 2 amide bonds. The summed E-state index contributed by atoms with van der Waals surface area (Å²) in [5, 5.41) is 0. The number of carbonyl (C=O) groups is 3. The molecule has 0 saturated heterocycles. The number of hydrogen-bond donors (Lipinski definition) is 0. The highest BCUT2D eigenvalue weighted by Gasteiger charge is 2.39. The number of imide groups is 1. The van der Waals surface area contributed by atoms with Gasteiger partial charge in [-0.05, 0) is 53.7 Å². The number of benzene rings is 1. The zero-order valence-corrected chi connectivity index (χ0v) is 16.3. The largest absolute Gasteiger partial charge is 0.496 e. The summed E-state index contributed by atoms with van der Waals surface area (Å²) in [6.45, 7) is 10.3. The van der Waals surface area contributed by atoms with Crippen molar-refractivity contribution >= 4 is 18.0 Å². The van der Waals surface area contributed by atoms with Gasteiger partial charge in [-0.3, -0.25) is 4.79 Å². The van der Waals surface area contributed by atoms with Gasteiger partial charge in [0.25, 0.3) is 5.91 Å². The van der Waals surface area contributed by atoms with Gasteiger partial charge in [0.15, 0.2) is 0 Å². The van der Waals surface area contributed by atoms with Crippen molar-refractivity contribution in [1.29, 1.82) is 0 Å². The van der Waals surface area contributed by atoms with Crippen molar-refractivity contribution in [2.45, 2.75) is 59.3 Å². The fourth-order valence-corrected chi connectivity index (χ4v) is 2.55. The minimum Gasteiger partial charge on any atom is -0.496 e. The van der Waals surface area contributed by atoms with Crippen molar-refractivity contribution < 1.29 is 28.6 Å². The van der Waals surface area contributed by atoms with Gasteiger partial charge in [0, 0.05) is 11.1 Å². The van der Waals surface area contributed by atoms with E-state index in [0.717, 1.165) is 4.90 Å². The first-order valence-corrected chi connectivity index (χ1v) is 8.32. The first-order valence-electron chi connectivity index (χ1n) is 8.32. The fraction of sp³-hybridized carbons (Fsp3) is 0.526. The Labute approximate surface area is 153 Å². The van der Waals surface area contributed by atoms with Crippen LogP contribution in [0.15, 0.2) is 12.1 Å². The van der Waals surface area contributed by atoms with Crippen molar-refractivity contribution in [2.75, 3.05) is 7.11 Å². The number of nitrogens with zero attached hydrogens (tertiary/aromatic N) is 1.